The fourth-order valence-electron chi connectivity index (χ4n) is 3.08. The molecule has 1 fully saturated rings. The maximum Gasteiger partial charge on any atom is 0.267 e. The number of carbonyl (C=O) groups excluding carboxylic acids is 1. The zero-order chi connectivity index (χ0) is 15.7. The number of amides is 1. The highest BCUT2D eigenvalue weighted by molar-refractivity contribution is 5.96. The normalized spacial score (nSPS) is 16.0. The topological polar surface area (TPSA) is 74.8 Å². The molecular formula is C17H21N3O2. The smallest absolute Gasteiger partial charge is 0.267 e. The molecule has 1 amide bonds. The summed E-state index contributed by atoms with van der Waals surface area (Å²) in [5, 5.41) is 4.20. The second kappa shape index (κ2) is 5.55. The van der Waals surface area contributed by atoms with Crippen molar-refractivity contribution < 1.29 is 4.79 Å². The Morgan fingerprint density at radius 1 is 1.45 bits per heavy atom. The summed E-state index contributed by atoms with van der Waals surface area (Å²) < 4.78 is 0. The molecule has 1 aliphatic rings. The van der Waals surface area contributed by atoms with Gasteiger partial charge in [-0.25, -0.2) is 0 Å². The molecule has 0 aliphatic heterocycles. The molecule has 0 unspecified atom stereocenters. The van der Waals surface area contributed by atoms with E-state index < -0.39 is 0 Å². The summed E-state index contributed by atoms with van der Waals surface area (Å²) in [7, 11) is 0. The molecular weight excluding hydrogens is 278 g/mol. The van der Waals surface area contributed by atoms with Crippen molar-refractivity contribution in [2.24, 2.45) is 11.3 Å². The zero-order valence-corrected chi connectivity index (χ0v) is 13.0. The van der Waals surface area contributed by atoms with E-state index in [0.29, 0.717) is 23.5 Å². The van der Waals surface area contributed by atoms with Crippen LogP contribution in [0.15, 0.2) is 29.3 Å². The van der Waals surface area contributed by atoms with E-state index in [4.69, 9.17) is 0 Å². The van der Waals surface area contributed by atoms with Gasteiger partial charge in [0.2, 0.25) is 0 Å². The number of aromatic amines is 1. The number of pyridine rings is 2. The van der Waals surface area contributed by atoms with Gasteiger partial charge in [-0.1, -0.05) is 13.8 Å². The summed E-state index contributed by atoms with van der Waals surface area (Å²) in [5.74, 6) is 0.415. The van der Waals surface area contributed by atoms with Gasteiger partial charge in [0.1, 0.15) is 5.69 Å². The van der Waals surface area contributed by atoms with E-state index in [2.05, 4.69) is 29.1 Å². The van der Waals surface area contributed by atoms with Crippen LogP contribution < -0.4 is 10.9 Å². The molecule has 0 radical (unpaired) electrons. The number of rotatable bonds is 5. The second-order valence-electron chi connectivity index (χ2n) is 6.76. The molecule has 5 heteroatoms. The van der Waals surface area contributed by atoms with E-state index in [1.165, 1.54) is 19.0 Å². The van der Waals surface area contributed by atoms with Crippen molar-refractivity contribution in [1.82, 2.24) is 15.3 Å². The summed E-state index contributed by atoms with van der Waals surface area (Å²) in [5.41, 5.74) is 0.299. The minimum Gasteiger partial charge on any atom is -0.350 e. The Bertz CT molecular complexity index is 760. The van der Waals surface area contributed by atoms with Crippen molar-refractivity contribution in [3.8, 4) is 0 Å². The quantitative estimate of drug-likeness (QED) is 0.890. The van der Waals surface area contributed by atoms with Gasteiger partial charge in [0.15, 0.2) is 0 Å². The summed E-state index contributed by atoms with van der Waals surface area (Å²) in [6.45, 7) is 5.09. The van der Waals surface area contributed by atoms with Gasteiger partial charge in [0.05, 0.1) is 5.39 Å². The Morgan fingerprint density at radius 3 is 2.91 bits per heavy atom. The first-order valence-corrected chi connectivity index (χ1v) is 7.74. The van der Waals surface area contributed by atoms with Crippen molar-refractivity contribution in [2.45, 2.75) is 33.1 Å². The predicted molar refractivity (Wildman–Crippen MR) is 85.8 cm³/mol. The van der Waals surface area contributed by atoms with Crippen LogP contribution in [0, 0.1) is 11.3 Å². The van der Waals surface area contributed by atoms with Gasteiger partial charge in [-0.3, -0.25) is 14.6 Å². The van der Waals surface area contributed by atoms with Gasteiger partial charge >= 0.3 is 0 Å². The number of carbonyl (C=O) groups is 1. The van der Waals surface area contributed by atoms with E-state index in [0.717, 1.165) is 11.8 Å². The summed E-state index contributed by atoms with van der Waals surface area (Å²) in [6, 6.07) is 3.44. The maximum atomic E-state index is 12.3. The minimum atomic E-state index is -0.279. The van der Waals surface area contributed by atoms with Crippen LogP contribution in [0.4, 0.5) is 0 Å². The van der Waals surface area contributed by atoms with Gasteiger partial charge in [0, 0.05) is 18.9 Å². The first-order valence-electron chi connectivity index (χ1n) is 7.74. The number of nitrogens with zero attached hydrogens (tertiary/aromatic N) is 1. The SMILES string of the molecule is CC(C)CC1(CNC(=O)c2cc3ccncc3c(=O)[nH]2)CC1. The number of hydrogen-bond donors (Lipinski definition) is 2. The number of fused-ring (bicyclic) bond motifs is 1. The molecule has 0 aromatic carbocycles. The van der Waals surface area contributed by atoms with Crippen molar-refractivity contribution in [3.63, 3.8) is 0 Å². The van der Waals surface area contributed by atoms with E-state index in [1.54, 1.807) is 18.3 Å². The maximum absolute atomic E-state index is 12.3. The number of hydrogen-bond acceptors (Lipinski definition) is 3. The first kappa shape index (κ1) is 14.8. The predicted octanol–water partition coefficient (Wildman–Crippen LogP) is 2.48. The lowest BCUT2D eigenvalue weighted by Crippen LogP contribution is -2.32. The Labute approximate surface area is 129 Å². The average molecular weight is 299 g/mol. The molecule has 0 saturated heterocycles. The number of aromatic nitrogens is 2. The molecule has 0 spiro atoms. The Kier molecular flexibility index (Phi) is 3.72. The second-order valence-corrected chi connectivity index (χ2v) is 6.76. The zero-order valence-electron chi connectivity index (χ0n) is 13.0. The van der Waals surface area contributed by atoms with Crippen molar-refractivity contribution in [3.05, 3.63) is 40.6 Å². The Morgan fingerprint density at radius 2 is 2.23 bits per heavy atom. The molecule has 5 nitrogen and oxygen atoms in total. The first-order chi connectivity index (χ1) is 10.5. The minimum absolute atomic E-state index is 0.217. The lowest BCUT2D eigenvalue weighted by atomic mass is 9.94. The van der Waals surface area contributed by atoms with E-state index in [9.17, 15) is 9.59 Å². The highest BCUT2D eigenvalue weighted by Gasteiger charge is 2.42. The van der Waals surface area contributed by atoms with Gasteiger partial charge in [0.25, 0.3) is 11.5 Å². The van der Waals surface area contributed by atoms with Crippen LogP contribution in [0.3, 0.4) is 0 Å². The van der Waals surface area contributed by atoms with E-state index >= 15 is 0 Å². The lowest BCUT2D eigenvalue weighted by Gasteiger charge is -2.18. The molecule has 3 rings (SSSR count). The third-order valence-corrected chi connectivity index (χ3v) is 4.31. The van der Waals surface area contributed by atoms with Crippen LogP contribution in [0.1, 0.15) is 43.6 Å². The molecule has 116 valence electrons. The fraction of sp³-hybridized carbons (Fsp3) is 0.471. The molecule has 2 aromatic rings. The molecule has 22 heavy (non-hydrogen) atoms. The van der Waals surface area contributed by atoms with Gasteiger partial charge in [-0.05, 0) is 48.1 Å². The molecule has 2 heterocycles. The molecule has 0 atom stereocenters. The Hall–Kier alpha value is -2.17. The summed E-state index contributed by atoms with van der Waals surface area (Å²) in [6.07, 6.45) is 6.60. The molecule has 1 saturated carbocycles. The summed E-state index contributed by atoms with van der Waals surface area (Å²) in [4.78, 5) is 30.9. The number of nitrogens with one attached hydrogen (secondary N) is 2. The van der Waals surface area contributed by atoms with Crippen LogP contribution >= 0.6 is 0 Å². The van der Waals surface area contributed by atoms with Gasteiger partial charge < -0.3 is 10.3 Å². The third-order valence-electron chi connectivity index (χ3n) is 4.31. The van der Waals surface area contributed by atoms with Crippen LogP contribution in [-0.4, -0.2) is 22.4 Å². The highest BCUT2D eigenvalue weighted by atomic mass is 16.2. The molecule has 0 bridgehead atoms. The lowest BCUT2D eigenvalue weighted by molar-refractivity contribution is 0.0937. The number of H-pyrrole nitrogens is 1. The summed E-state index contributed by atoms with van der Waals surface area (Å²) >= 11 is 0. The van der Waals surface area contributed by atoms with Crippen molar-refractivity contribution in [1.29, 1.82) is 0 Å². The van der Waals surface area contributed by atoms with E-state index in [-0.39, 0.29) is 16.9 Å². The van der Waals surface area contributed by atoms with Crippen LogP contribution in [0.5, 0.6) is 0 Å². The molecule has 1 aliphatic carbocycles. The van der Waals surface area contributed by atoms with Crippen molar-refractivity contribution in [2.75, 3.05) is 6.54 Å². The highest BCUT2D eigenvalue weighted by Crippen LogP contribution is 2.50. The van der Waals surface area contributed by atoms with Crippen LogP contribution in [-0.2, 0) is 0 Å². The van der Waals surface area contributed by atoms with Crippen molar-refractivity contribution >= 4 is 16.7 Å². The monoisotopic (exact) mass is 299 g/mol. The third kappa shape index (κ3) is 3.03. The Balaban J connectivity index is 1.74. The van der Waals surface area contributed by atoms with Gasteiger partial charge in [-0.15, -0.1) is 0 Å². The largest absolute Gasteiger partial charge is 0.350 e. The van der Waals surface area contributed by atoms with E-state index in [1.807, 2.05) is 0 Å². The molecule has 2 aromatic heterocycles. The van der Waals surface area contributed by atoms with Crippen LogP contribution in [0.2, 0.25) is 0 Å². The fourth-order valence-corrected chi connectivity index (χ4v) is 3.08. The van der Waals surface area contributed by atoms with Gasteiger partial charge in [-0.2, -0.15) is 0 Å². The van der Waals surface area contributed by atoms with Crippen LogP contribution in [0.25, 0.3) is 10.8 Å². The standard InChI is InChI=1S/C17H21N3O2/c1-11(2)8-17(4-5-17)10-19-16(22)14-7-12-3-6-18-9-13(12)15(21)20-14/h3,6-7,9,11H,4-5,8,10H2,1-2H3,(H,19,22)(H,20,21). The molecule has 2 N–H and O–H groups in total. The average Bonchev–Trinajstić information content (AvgIpc) is 3.24.